The summed E-state index contributed by atoms with van der Waals surface area (Å²) in [5, 5.41) is 9.73. The van der Waals surface area contributed by atoms with E-state index in [0.29, 0.717) is 12.1 Å². The number of phenols is 1. The molecule has 126 valence electrons. The van der Waals surface area contributed by atoms with Gasteiger partial charge in [0, 0.05) is 23.5 Å². The number of carbonyl (C=O) groups excluding carboxylic acids is 2. The minimum atomic E-state index is -0.718. The van der Waals surface area contributed by atoms with E-state index in [2.05, 4.69) is 6.58 Å². The zero-order valence-corrected chi connectivity index (χ0v) is 14.1. The molecule has 0 amide bonds. The predicted molar refractivity (Wildman–Crippen MR) is 91.6 cm³/mol. The molecule has 0 radical (unpaired) electrons. The van der Waals surface area contributed by atoms with Crippen molar-refractivity contribution in [2.24, 2.45) is 0 Å². The maximum Gasteiger partial charge on any atom is 0.342 e. The van der Waals surface area contributed by atoms with Crippen LogP contribution in [0.15, 0.2) is 36.9 Å². The first-order chi connectivity index (χ1) is 11.3. The third kappa shape index (κ3) is 3.56. The van der Waals surface area contributed by atoms with Gasteiger partial charge >= 0.3 is 5.97 Å². The smallest absolute Gasteiger partial charge is 0.342 e. The molecule has 0 unspecified atom stereocenters. The SMILES string of the molecule is C=CCn1c(C)cc(C(=O)COC(=O)c2cc(C)ccc2O)c1C. The van der Waals surface area contributed by atoms with Crippen LogP contribution in [0.25, 0.3) is 0 Å². The van der Waals surface area contributed by atoms with Crippen LogP contribution < -0.4 is 0 Å². The van der Waals surface area contributed by atoms with Crippen LogP contribution in [0, 0.1) is 20.8 Å². The molecule has 1 aromatic carbocycles. The first-order valence-electron chi connectivity index (χ1n) is 7.62. The lowest BCUT2D eigenvalue weighted by Gasteiger charge is -2.08. The van der Waals surface area contributed by atoms with Gasteiger partial charge in [-0.15, -0.1) is 6.58 Å². The topological polar surface area (TPSA) is 68.5 Å². The maximum atomic E-state index is 12.3. The molecule has 0 bridgehead atoms. The number of Topliss-reactive ketones (excluding diaryl/α,β-unsaturated/α-hetero) is 1. The van der Waals surface area contributed by atoms with Gasteiger partial charge in [0.25, 0.3) is 0 Å². The average Bonchev–Trinajstić information content (AvgIpc) is 2.83. The van der Waals surface area contributed by atoms with Gasteiger partial charge in [-0.05, 0) is 39.0 Å². The number of ketones is 1. The highest BCUT2D eigenvalue weighted by atomic mass is 16.5. The van der Waals surface area contributed by atoms with Crippen molar-refractivity contribution in [3.8, 4) is 5.75 Å². The summed E-state index contributed by atoms with van der Waals surface area (Å²) < 4.78 is 7.03. The van der Waals surface area contributed by atoms with Gasteiger partial charge in [0.05, 0.1) is 0 Å². The normalized spacial score (nSPS) is 10.5. The number of hydrogen-bond donors (Lipinski definition) is 1. The largest absolute Gasteiger partial charge is 0.507 e. The Morgan fingerprint density at radius 3 is 2.58 bits per heavy atom. The van der Waals surface area contributed by atoms with Gasteiger partial charge in [-0.2, -0.15) is 0 Å². The van der Waals surface area contributed by atoms with E-state index < -0.39 is 5.97 Å². The number of aromatic hydroxyl groups is 1. The van der Waals surface area contributed by atoms with Crippen molar-refractivity contribution in [1.29, 1.82) is 0 Å². The van der Waals surface area contributed by atoms with Crippen LogP contribution in [0.1, 0.15) is 37.7 Å². The number of carbonyl (C=O) groups is 2. The molecule has 2 aromatic rings. The summed E-state index contributed by atoms with van der Waals surface area (Å²) in [6.45, 7) is 9.50. The van der Waals surface area contributed by atoms with Gasteiger partial charge in [-0.1, -0.05) is 17.7 Å². The monoisotopic (exact) mass is 327 g/mol. The number of aromatic nitrogens is 1. The number of nitrogens with zero attached hydrogens (tertiary/aromatic N) is 1. The molecule has 5 heteroatoms. The molecule has 0 fully saturated rings. The van der Waals surface area contributed by atoms with Crippen LogP contribution in [0.4, 0.5) is 0 Å². The molecule has 0 aliphatic carbocycles. The van der Waals surface area contributed by atoms with Crippen LogP contribution in [0.2, 0.25) is 0 Å². The summed E-state index contributed by atoms with van der Waals surface area (Å²) in [5.74, 6) is -1.16. The number of ether oxygens (including phenoxy) is 1. The number of benzene rings is 1. The van der Waals surface area contributed by atoms with Crippen LogP contribution in [0.3, 0.4) is 0 Å². The molecular weight excluding hydrogens is 306 g/mol. The van der Waals surface area contributed by atoms with Crippen molar-refractivity contribution in [3.63, 3.8) is 0 Å². The molecule has 0 aliphatic heterocycles. The molecule has 0 saturated heterocycles. The fourth-order valence-corrected chi connectivity index (χ4v) is 2.59. The lowest BCUT2D eigenvalue weighted by molar-refractivity contribution is 0.0471. The van der Waals surface area contributed by atoms with E-state index in [1.807, 2.05) is 18.4 Å². The molecule has 0 aliphatic rings. The van der Waals surface area contributed by atoms with Crippen molar-refractivity contribution >= 4 is 11.8 Å². The molecule has 1 aromatic heterocycles. The molecule has 24 heavy (non-hydrogen) atoms. The lowest BCUT2D eigenvalue weighted by Crippen LogP contribution is -2.15. The number of allylic oxidation sites excluding steroid dienone is 1. The number of rotatable bonds is 6. The highest BCUT2D eigenvalue weighted by molar-refractivity contribution is 6.01. The van der Waals surface area contributed by atoms with E-state index in [1.54, 1.807) is 25.1 Å². The van der Waals surface area contributed by atoms with E-state index in [0.717, 1.165) is 17.0 Å². The van der Waals surface area contributed by atoms with Gasteiger partial charge in [0.1, 0.15) is 11.3 Å². The Bertz CT molecular complexity index is 802. The van der Waals surface area contributed by atoms with Gasteiger partial charge in [-0.3, -0.25) is 4.79 Å². The van der Waals surface area contributed by atoms with Crippen LogP contribution in [-0.2, 0) is 11.3 Å². The summed E-state index contributed by atoms with van der Waals surface area (Å²) in [5.41, 5.74) is 3.15. The van der Waals surface area contributed by atoms with Crippen molar-refractivity contribution < 1.29 is 19.4 Å². The molecular formula is C19H21NO4. The van der Waals surface area contributed by atoms with Gasteiger partial charge in [-0.25, -0.2) is 4.79 Å². The average molecular weight is 327 g/mol. The maximum absolute atomic E-state index is 12.3. The second-order valence-electron chi connectivity index (χ2n) is 5.70. The zero-order chi connectivity index (χ0) is 17.9. The number of esters is 1. The third-order valence-corrected chi connectivity index (χ3v) is 3.89. The summed E-state index contributed by atoms with van der Waals surface area (Å²) in [6, 6.07) is 6.42. The minimum Gasteiger partial charge on any atom is -0.507 e. The lowest BCUT2D eigenvalue weighted by atomic mass is 10.1. The molecule has 1 N–H and O–H groups in total. The predicted octanol–water partition coefficient (Wildman–Crippen LogP) is 3.34. The molecule has 0 atom stereocenters. The zero-order valence-electron chi connectivity index (χ0n) is 14.1. The van der Waals surface area contributed by atoms with E-state index in [9.17, 15) is 14.7 Å². The number of aryl methyl sites for hydroxylation is 2. The summed E-state index contributed by atoms with van der Waals surface area (Å²) in [7, 11) is 0. The number of hydrogen-bond acceptors (Lipinski definition) is 4. The highest BCUT2D eigenvalue weighted by Gasteiger charge is 2.19. The first kappa shape index (κ1) is 17.5. The van der Waals surface area contributed by atoms with Crippen LogP contribution >= 0.6 is 0 Å². The Morgan fingerprint density at radius 1 is 1.21 bits per heavy atom. The van der Waals surface area contributed by atoms with Crippen molar-refractivity contribution in [1.82, 2.24) is 4.57 Å². The summed E-state index contributed by atoms with van der Waals surface area (Å²) >= 11 is 0. The summed E-state index contributed by atoms with van der Waals surface area (Å²) in [4.78, 5) is 24.4. The Balaban J connectivity index is 2.11. The van der Waals surface area contributed by atoms with Crippen LogP contribution in [-0.4, -0.2) is 28.0 Å². The van der Waals surface area contributed by atoms with E-state index in [4.69, 9.17) is 4.74 Å². The van der Waals surface area contributed by atoms with Gasteiger partial charge in [0.2, 0.25) is 5.78 Å². The Labute approximate surface area is 141 Å². The standard InChI is InChI=1S/C19H21NO4/c1-5-8-20-13(3)10-15(14(20)4)18(22)11-24-19(23)16-9-12(2)6-7-17(16)21/h5-7,9-10,21H,1,8,11H2,2-4H3. The minimum absolute atomic E-state index is 0.0555. The van der Waals surface area contributed by atoms with E-state index >= 15 is 0 Å². The second-order valence-corrected chi connectivity index (χ2v) is 5.70. The van der Waals surface area contributed by atoms with Crippen LogP contribution in [0.5, 0.6) is 5.75 Å². The van der Waals surface area contributed by atoms with Gasteiger partial charge in [0.15, 0.2) is 6.61 Å². The second kappa shape index (κ2) is 7.17. The third-order valence-electron chi connectivity index (χ3n) is 3.89. The van der Waals surface area contributed by atoms with E-state index in [-0.39, 0.29) is 23.7 Å². The Morgan fingerprint density at radius 2 is 1.92 bits per heavy atom. The van der Waals surface area contributed by atoms with Crippen molar-refractivity contribution in [2.75, 3.05) is 6.61 Å². The Hall–Kier alpha value is -2.82. The Kier molecular flexibility index (Phi) is 5.24. The molecule has 0 spiro atoms. The summed E-state index contributed by atoms with van der Waals surface area (Å²) in [6.07, 6.45) is 1.76. The fourth-order valence-electron chi connectivity index (χ4n) is 2.59. The first-order valence-corrected chi connectivity index (χ1v) is 7.62. The van der Waals surface area contributed by atoms with Gasteiger partial charge < -0.3 is 14.4 Å². The molecule has 0 saturated carbocycles. The molecule has 2 rings (SSSR count). The molecule has 1 heterocycles. The quantitative estimate of drug-likeness (QED) is 0.502. The number of phenolic OH excluding ortho intramolecular Hbond substituents is 1. The van der Waals surface area contributed by atoms with E-state index in [1.165, 1.54) is 12.1 Å². The fraction of sp³-hybridized carbons (Fsp3) is 0.263. The van der Waals surface area contributed by atoms with Crippen molar-refractivity contribution in [2.45, 2.75) is 27.3 Å². The molecule has 5 nitrogen and oxygen atoms in total. The van der Waals surface area contributed by atoms with Crippen molar-refractivity contribution in [3.05, 3.63) is 65.0 Å². The highest BCUT2D eigenvalue weighted by Crippen LogP contribution is 2.20.